The van der Waals surface area contributed by atoms with E-state index in [9.17, 15) is 0 Å². The van der Waals surface area contributed by atoms with Gasteiger partial charge in [-0.05, 0) is 135 Å². The summed E-state index contributed by atoms with van der Waals surface area (Å²) in [5.74, 6) is 2.01. The standard InChI is InChI=1S/C84H116F2S8/c1-11-19-25-29-31-35-41-61(39-33-27-21-13-3)49-63-47-57(9)87-79(63)75-55-69(85)83(93-75)84-70(86)56-76(94-84)80-64(50-62(40-34-28-22-14-4)42-36-32-30-26-20-12-2)53-73(91-80)74-54-68-78(72-46-44-66(90-72)52-60(18-8)38-24-16-6)81-67(48-58(10)88-81)77(82(68)92-74)71-45-43-65(89-71)51-59(17-7)37-23-15-5/h43-48,53-56,59-62H,11-42,49-52H2,1-10H3. The van der Waals surface area contributed by atoms with Gasteiger partial charge in [-0.2, -0.15) is 0 Å². The molecule has 0 aliphatic heterocycles. The maximum Gasteiger partial charge on any atom is 0.143 e. The van der Waals surface area contributed by atoms with E-state index in [4.69, 9.17) is 0 Å². The average molecular weight is 1420 g/mol. The molecule has 8 aromatic heterocycles. The summed E-state index contributed by atoms with van der Waals surface area (Å²) in [5, 5.41) is 2.76. The van der Waals surface area contributed by atoms with Gasteiger partial charge in [0.1, 0.15) is 11.6 Å². The molecule has 0 radical (unpaired) electrons. The SMILES string of the molecule is CCCCCCCCC(CCCCCC)Cc1cc(C)sc1-c1cc(F)c(-c2sc(-c3sc(-c4cc5c(-c6ccc(CC(CC)CCCC)s6)c6sc(C)cc6c(-c6ccc(CC(CC)CCCC)s6)c5s4)cc3CC(CCCCCC)CCCCCCCC)cc2F)s1. The van der Waals surface area contributed by atoms with E-state index in [2.05, 4.69) is 118 Å². The first kappa shape index (κ1) is 75.4. The number of rotatable bonds is 46. The molecule has 9 rings (SSSR count). The second kappa shape index (κ2) is 39.3. The first-order valence-electron chi connectivity index (χ1n) is 37.9. The van der Waals surface area contributed by atoms with E-state index >= 15 is 8.78 Å². The van der Waals surface area contributed by atoms with E-state index in [-0.39, 0.29) is 11.6 Å². The summed E-state index contributed by atoms with van der Waals surface area (Å²) in [6.07, 6.45) is 45.3. The Morgan fingerprint density at radius 1 is 0.298 bits per heavy atom. The monoisotopic (exact) mass is 1420 g/mol. The fourth-order valence-corrected chi connectivity index (χ4v) is 24.4. The van der Waals surface area contributed by atoms with Gasteiger partial charge in [0.05, 0.1) is 9.75 Å². The highest BCUT2D eigenvalue weighted by atomic mass is 32.1. The molecule has 0 saturated heterocycles. The highest BCUT2D eigenvalue weighted by Gasteiger charge is 2.29. The first-order chi connectivity index (χ1) is 45.9. The number of thiophene rings is 8. The van der Waals surface area contributed by atoms with Crippen molar-refractivity contribution in [1.29, 1.82) is 0 Å². The highest BCUT2D eigenvalue weighted by molar-refractivity contribution is 7.31. The predicted octanol–water partition coefficient (Wildman–Crippen LogP) is 32.7. The third kappa shape index (κ3) is 20.7. The lowest BCUT2D eigenvalue weighted by atomic mass is 9.88. The van der Waals surface area contributed by atoms with Gasteiger partial charge in [0.2, 0.25) is 0 Å². The molecule has 0 amide bonds. The molecular formula is C84H116F2S8. The zero-order valence-electron chi connectivity index (χ0n) is 59.6. The van der Waals surface area contributed by atoms with Crippen LogP contribution in [0.3, 0.4) is 0 Å². The van der Waals surface area contributed by atoms with E-state index in [0.29, 0.717) is 33.4 Å². The van der Waals surface area contributed by atoms with Gasteiger partial charge in [0, 0.05) is 89.8 Å². The van der Waals surface area contributed by atoms with Gasteiger partial charge in [0.25, 0.3) is 0 Å². The van der Waals surface area contributed by atoms with Crippen LogP contribution in [0.1, 0.15) is 291 Å². The van der Waals surface area contributed by atoms with E-state index in [0.717, 1.165) is 35.4 Å². The molecule has 0 fully saturated rings. The molecule has 0 aliphatic rings. The van der Waals surface area contributed by atoms with Crippen LogP contribution in [0.5, 0.6) is 0 Å². The molecule has 4 atom stereocenters. The molecule has 0 nitrogen and oxygen atoms in total. The first-order valence-corrected chi connectivity index (χ1v) is 44.4. The molecule has 9 aromatic rings. The Hall–Kier alpha value is -2.80. The van der Waals surface area contributed by atoms with Gasteiger partial charge in [-0.1, -0.05) is 261 Å². The summed E-state index contributed by atoms with van der Waals surface area (Å²) in [6.45, 7) is 23.2. The average Bonchev–Trinajstić information content (AvgIpc) is 1.57. The Balaban J connectivity index is 1.14. The third-order valence-corrected chi connectivity index (χ3v) is 30.0. The van der Waals surface area contributed by atoms with Crippen LogP contribution >= 0.6 is 90.7 Å². The lowest BCUT2D eigenvalue weighted by molar-refractivity contribution is 0.403. The smallest absolute Gasteiger partial charge is 0.143 e. The summed E-state index contributed by atoms with van der Waals surface area (Å²) in [6, 6.07) is 23.3. The van der Waals surface area contributed by atoms with Crippen LogP contribution in [-0.4, -0.2) is 0 Å². The van der Waals surface area contributed by atoms with Crippen molar-refractivity contribution in [2.45, 2.75) is 300 Å². The Bertz CT molecular complexity index is 3540. The van der Waals surface area contributed by atoms with Crippen molar-refractivity contribution in [2.75, 3.05) is 0 Å². The maximum atomic E-state index is 17.3. The molecule has 10 heteroatoms. The van der Waals surface area contributed by atoms with Gasteiger partial charge >= 0.3 is 0 Å². The number of hydrogen-bond acceptors (Lipinski definition) is 8. The molecule has 94 heavy (non-hydrogen) atoms. The van der Waals surface area contributed by atoms with Gasteiger partial charge in [0.15, 0.2) is 0 Å². The fraction of sp³-hybridized carbons (Fsp3) is 0.595. The molecule has 0 spiro atoms. The molecule has 1 aromatic carbocycles. The van der Waals surface area contributed by atoms with E-state index in [1.165, 1.54) is 319 Å². The normalized spacial score (nSPS) is 13.4. The second-order valence-corrected chi connectivity index (χ2v) is 37.2. The van der Waals surface area contributed by atoms with Crippen molar-refractivity contribution < 1.29 is 8.78 Å². The minimum absolute atomic E-state index is 0.295. The van der Waals surface area contributed by atoms with Crippen LogP contribution in [0, 0.1) is 49.2 Å². The van der Waals surface area contributed by atoms with Crippen LogP contribution in [0.25, 0.3) is 80.1 Å². The number of unbranched alkanes of at least 4 members (excludes halogenated alkanes) is 18. The number of fused-ring (bicyclic) bond motifs is 2. The number of hydrogen-bond donors (Lipinski definition) is 0. The highest BCUT2D eigenvalue weighted by Crippen LogP contribution is 2.56. The largest absolute Gasteiger partial charge is 0.205 e. The predicted molar refractivity (Wildman–Crippen MR) is 428 cm³/mol. The van der Waals surface area contributed by atoms with Gasteiger partial charge in [-0.3, -0.25) is 0 Å². The second-order valence-electron chi connectivity index (χ2n) is 28.2. The molecule has 0 N–H and O–H groups in total. The minimum atomic E-state index is -0.298. The van der Waals surface area contributed by atoms with E-state index in [1.807, 2.05) is 56.7 Å². The van der Waals surface area contributed by atoms with Gasteiger partial charge < -0.3 is 0 Å². The third-order valence-electron chi connectivity index (χ3n) is 20.4. The molecule has 4 unspecified atom stereocenters. The lowest BCUT2D eigenvalue weighted by Gasteiger charge is -2.17. The molecule has 514 valence electrons. The molecule has 0 saturated carbocycles. The van der Waals surface area contributed by atoms with Crippen LogP contribution in [0.15, 0.2) is 60.7 Å². The van der Waals surface area contributed by atoms with Crippen LogP contribution in [0.2, 0.25) is 0 Å². The Labute approximate surface area is 601 Å². The summed E-state index contributed by atoms with van der Waals surface area (Å²) < 4.78 is 37.1. The van der Waals surface area contributed by atoms with Crippen molar-refractivity contribution >= 4 is 111 Å². The van der Waals surface area contributed by atoms with Crippen LogP contribution in [-0.2, 0) is 25.7 Å². The van der Waals surface area contributed by atoms with Crippen molar-refractivity contribution in [1.82, 2.24) is 0 Å². The van der Waals surface area contributed by atoms with E-state index in [1.54, 1.807) is 23.5 Å². The molecule has 0 bridgehead atoms. The molecule has 0 aliphatic carbocycles. The molecular weight excluding hydrogens is 1300 g/mol. The minimum Gasteiger partial charge on any atom is -0.205 e. The van der Waals surface area contributed by atoms with Crippen LogP contribution < -0.4 is 0 Å². The van der Waals surface area contributed by atoms with Crippen molar-refractivity contribution in [3.63, 3.8) is 0 Å². The van der Waals surface area contributed by atoms with Gasteiger partial charge in [-0.15, -0.1) is 90.7 Å². The topological polar surface area (TPSA) is 0 Å². The van der Waals surface area contributed by atoms with Crippen LogP contribution in [0.4, 0.5) is 8.78 Å². The lowest BCUT2D eigenvalue weighted by Crippen LogP contribution is -2.05. The maximum absolute atomic E-state index is 17.3. The Morgan fingerprint density at radius 2 is 0.670 bits per heavy atom. The van der Waals surface area contributed by atoms with Crippen molar-refractivity contribution in [3.8, 4) is 59.9 Å². The number of halogens is 2. The quantitative estimate of drug-likeness (QED) is 0.0334. The van der Waals surface area contributed by atoms with Gasteiger partial charge in [-0.25, -0.2) is 8.78 Å². The van der Waals surface area contributed by atoms with E-state index < -0.39 is 0 Å². The number of aryl methyl sites for hydroxylation is 2. The summed E-state index contributed by atoms with van der Waals surface area (Å²) >= 11 is 14.7. The summed E-state index contributed by atoms with van der Waals surface area (Å²) in [7, 11) is 0. The fourth-order valence-electron chi connectivity index (χ4n) is 14.8. The summed E-state index contributed by atoms with van der Waals surface area (Å²) in [5.41, 5.74) is 5.51. The Kier molecular flexibility index (Phi) is 31.5. The zero-order chi connectivity index (χ0) is 66.3. The Morgan fingerprint density at radius 3 is 1.14 bits per heavy atom. The number of benzene rings is 1. The zero-order valence-corrected chi connectivity index (χ0v) is 66.1. The summed E-state index contributed by atoms with van der Waals surface area (Å²) in [4.78, 5) is 16.1. The van der Waals surface area contributed by atoms with Crippen molar-refractivity contribution in [2.24, 2.45) is 23.7 Å². The van der Waals surface area contributed by atoms with Crippen molar-refractivity contribution in [3.05, 3.63) is 103 Å². The molecule has 8 heterocycles.